The number of rotatable bonds is 6. The normalized spacial score (nSPS) is 11.9. The Labute approximate surface area is 126 Å². The van der Waals surface area contributed by atoms with Gasteiger partial charge in [0.2, 0.25) is 5.91 Å². The van der Waals surface area contributed by atoms with Gasteiger partial charge in [0.05, 0.1) is 6.42 Å². The number of amides is 1. The van der Waals surface area contributed by atoms with Gasteiger partial charge in [0.25, 0.3) is 0 Å². The molecule has 21 heavy (non-hydrogen) atoms. The summed E-state index contributed by atoms with van der Waals surface area (Å²) in [6.45, 7) is 4.29. The van der Waals surface area contributed by atoms with Gasteiger partial charge in [-0.1, -0.05) is 43.3 Å². The van der Waals surface area contributed by atoms with E-state index >= 15 is 0 Å². The molecule has 0 fully saturated rings. The van der Waals surface area contributed by atoms with E-state index in [1.165, 1.54) is 11.1 Å². The minimum Gasteiger partial charge on any atom is -0.379 e. The molecule has 0 aliphatic rings. The molecule has 3 heteroatoms. The topological polar surface area (TPSA) is 55.1 Å². The third-order valence-corrected chi connectivity index (χ3v) is 3.60. The minimum absolute atomic E-state index is 0.234. The zero-order valence-electron chi connectivity index (χ0n) is 12.6. The quantitative estimate of drug-likeness (QED) is 0.852. The highest BCUT2D eigenvalue weighted by atomic mass is 16.1. The molecule has 1 atom stereocenters. The maximum absolute atomic E-state index is 10.9. The van der Waals surface area contributed by atoms with Crippen molar-refractivity contribution in [1.82, 2.24) is 0 Å². The van der Waals surface area contributed by atoms with Crippen LogP contribution in [0.5, 0.6) is 0 Å². The molecule has 0 aliphatic heterocycles. The van der Waals surface area contributed by atoms with E-state index in [1.54, 1.807) is 0 Å². The maximum Gasteiger partial charge on any atom is 0.221 e. The first kappa shape index (κ1) is 15.1. The van der Waals surface area contributed by atoms with Crippen LogP contribution in [0.15, 0.2) is 48.5 Å². The first-order valence-corrected chi connectivity index (χ1v) is 7.31. The zero-order valence-corrected chi connectivity index (χ0v) is 12.6. The summed E-state index contributed by atoms with van der Waals surface area (Å²) in [7, 11) is 0. The average Bonchev–Trinajstić information content (AvgIpc) is 2.49. The molecule has 2 aromatic carbocycles. The van der Waals surface area contributed by atoms with Gasteiger partial charge in [-0.05, 0) is 42.2 Å². The number of carbonyl (C=O) groups is 1. The molecule has 110 valence electrons. The predicted octanol–water partition coefficient (Wildman–Crippen LogP) is 3.45. The Morgan fingerprint density at radius 3 is 2.14 bits per heavy atom. The monoisotopic (exact) mass is 282 g/mol. The lowest BCUT2D eigenvalue weighted by Gasteiger charge is -2.16. The summed E-state index contributed by atoms with van der Waals surface area (Å²) >= 11 is 0. The van der Waals surface area contributed by atoms with Crippen molar-refractivity contribution < 1.29 is 4.79 Å². The number of nitrogens with one attached hydrogen (secondary N) is 1. The molecule has 2 aromatic rings. The van der Waals surface area contributed by atoms with Crippen molar-refractivity contribution in [2.45, 2.75) is 32.7 Å². The molecule has 2 rings (SSSR count). The molecule has 0 saturated heterocycles. The number of hydrogen-bond acceptors (Lipinski definition) is 2. The van der Waals surface area contributed by atoms with Crippen molar-refractivity contribution in [2.24, 2.45) is 5.73 Å². The predicted molar refractivity (Wildman–Crippen MR) is 87.2 cm³/mol. The van der Waals surface area contributed by atoms with Gasteiger partial charge in [-0.15, -0.1) is 0 Å². The van der Waals surface area contributed by atoms with Gasteiger partial charge in [0.15, 0.2) is 0 Å². The lowest BCUT2D eigenvalue weighted by molar-refractivity contribution is -0.117. The standard InChI is InChI=1S/C18H22N2O/c1-3-14-4-8-16(9-5-14)13(2)20-17-10-6-15(7-11-17)12-18(19)21/h4-11,13,20H,3,12H2,1-2H3,(H2,19,21). The summed E-state index contributed by atoms with van der Waals surface area (Å²) in [6, 6.07) is 16.7. The van der Waals surface area contributed by atoms with E-state index in [1.807, 2.05) is 24.3 Å². The van der Waals surface area contributed by atoms with Gasteiger partial charge in [0.1, 0.15) is 0 Å². The fourth-order valence-corrected chi connectivity index (χ4v) is 2.30. The van der Waals surface area contributed by atoms with E-state index in [4.69, 9.17) is 5.73 Å². The highest BCUT2D eigenvalue weighted by Gasteiger charge is 2.05. The largest absolute Gasteiger partial charge is 0.379 e. The third kappa shape index (κ3) is 4.35. The van der Waals surface area contributed by atoms with Crippen LogP contribution in [0.1, 0.15) is 36.6 Å². The Kier molecular flexibility index (Phi) is 4.99. The van der Waals surface area contributed by atoms with Crippen molar-refractivity contribution in [3.05, 3.63) is 65.2 Å². The van der Waals surface area contributed by atoms with Gasteiger partial charge < -0.3 is 11.1 Å². The summed E-state index contributed by atoms with van der Waals surface area (Å²) in [4.78, 5) is 10.9. The number of hydrogen-bond donors (Lipinski definition) is 2. The van der Waals surface area contributed by atoms with Crippen LogP contribution in [0.2, 0.25) is 0 Å². The molecule has 3 N–H and O–H groups in total. The first-order chi connectivity index (χ1) is 10.1. The fourth-order valence-electron chi connectivity index (χ4n) is 2.30. The van der Waals surface area contributed by atoms with Gasteiger partial charge in [-0.2, -0.15) is 0 Å². The lowest BCUT2D eigenvalue weighted by atomic mass is 10.0. The van der Waals surface area contributed by atoms with E-state index in [0.717, 1.165) is 17.7 Å². The second kappa shape index (κ2) is 6.93. The number of primary amides is 1. The maximum atomic E-state index is 10.9. The Bertz CT molecular complexity index is 588. The van der Waals surface area contributed by atoms with E-state index in [2.05, 4.69) is 43.4 Å². The minimum atomic E-state index is -0.305. The molecule has 0 aromatic heterocycles. The van der Waals surface area contributed by atoms with Crippen LogP contribution >= 0.6 is 0 Å². The molecule has 0 saturated carbocycles. The number of benzene rings is 2. The molecule has 3 nitrogen and oxygen atoms in total. The highest BCUT2D eigenvalue weighted by molar-refractivity contribution is 5.76. The summed E-state index contributed by atoms with van der Waals surface area (Å²) in [5.74, 6) is -0.305. The molecule has 0 aliphatic carbocycles. The summed E-state index contributed by atoms with van der Waals surface area (Å²) in [5.41, 5.74) is 9.77. The van der Waals surface area contributed by atoms with E-state index in [-0.39, 0.29) is 18.4 Å². The van der Waals surface area contributed by atoms with Crippen molar-refractivity contribution in [1.29, 1.82) is 0 Å². The first-order valence-electron chi connectivity index (χ1n) is 7.31. The van der Waals surface area contributed by atoms with Crippen molar-refractivity contribution in [2.75, 3.05) is 5.32 Å². The fraction of sp³-hybridized carbons (Fsp3) is 0.278. The van der Waals surface area contributed by atoms with E-state index in [0.29, 0.717) is 0 Å². The Balaban J connectivity index is 2.01. The second-order valence-corrected chi connectivity index (χ2v) is 5.30. The van der Waals surface area contributed by atoms with E-state index in [9.17, 15) is 4.79 Å². The molecular weight excluding hydrogens is 260 g/mol. The highest BCUT2D eigenvalue weighted by Crippen LogP contribution is 2.20. The Morgan fingerprint density at radius 2 is 1.62 bits per heavy atom. The SMILES string of the molecule is CCc1ccc(C(C)Nc2ccc(CC(N)=O)cc2)cc1. The average molecular weight is 282 g/mol. The molecule has 1 amide bonds. The Morgan fingerprint density at radius 1 is 1.05 bits per heavy atom. The molecular formula is C18H22N2O. The third-order valence-electron chi connectivity index (χ3n) is 3.60. The summed E-state index contributed by atoms with van der Waals surface area (Å²) < 4.78 is 0. The van der Waals surface area contributed by atoms with Crippen molar-refractivity contribution in [3.63, 3.8) is 0 Å². The van der Waals surface area contributed by atoms with Crippen LogP contribution in [-0.4, -0.2) is 5.91 Å². The van der Waals surface area contributed by atoms with Crippen molar-refractivity contribution in [3.8, 4) is 0 Å². The van der Waals surface area contributed by atoms with Crippen LogP contribution < -0.4 is 11.1 Å². The number of nitrogens with two attached hydrogens (primary N) is 1. The van der Waals surface area contributed by atoms with Crippen molar-refractivity contribution >= 4 is 11.6 Å². The van der Waals surface area contributed by atoms with Crippen LogP contribution in [0.25, 0.3) is 0 Å². The molecule has 1 unspecified atom stereocenters. The number of carbonyl (C=O) groups excluding carboxylic acids is 1. The lowest BCUT2D eigenvalue weighted by Crippen LogP contribution is -2.13. The molecule has 0 heterocycles. The van der Waals surface area contributed by atoms with Crippen LogP contribution in [0.4, 0.5) is 5.69 Å². The zero-order chi connectivity index (χ0) is 15.2. The van der Waals surface area contributed by atoms with Crippen LogP contribution in [0, 0.1) is 0 Å². The van der Waals surface area contributed by atoms with Gasteiger partial charge in [-0.3, -0.25) is 4.79 Å². The smallest absolute Gasteiger partial charge is 0.221 e. The summed E-state index contributed by atoms with van der Waals surface area (Å²) in [6.07, 6.45) is 1.34. The number of anilines is 1. The van der Waals surface area contributed by atoms with Gasteiger partial charge in [0, 0.05) is 11.7 Å². The van der Waals surface area contributed by atoms with Crippen LogP contribution in [0.3, 0.4) is 0 Å². The summed E-state index contributed by atoms with van der Waals surface area (Å²) in [5, 5.41) is 3.46. The molecule has 0 bridgehead atoms. The second-order valence-electron chi connectivity index (χ2n) is 5.30. The molecule has 0 radical (unpaired) electrons. The van der Waals surface area contributed by atoms with Gasteiger partial charge >= 0.3 is 0 Å². The Hall–Kier alpha value is -2.29. The molecule has 0 spiro atoms. The number of aryl methyl sites for hydroxylation is 1. The van der Waals surface area contributed by atoms with E-state index < -0.39 is 0 Å². The van der Waals surface area contributed by atoms with Crippen LogP contribution in [-0.2, 0) is 17.6 Å². The van der Waals surface area contributed by atoms with Gasteiger partial charge in [-0.25, -0.2) is 0 Å².